The van der Waals surface area contributed by atoms with Crippen LogP contribution in [-0.4, -0.2) is 48.9 Å². The van der Waals surface area contributed by atoms with E-state index < -0.39 is 0 Å². The lowest BCUT2D eigenvalue weighted by atomic mass is 10.1. The number of likely N-dealkylation sites (N-methyl/N-ethyl adjacent to an activating group) is 1. The van der Waals surface area contributed by atoms with Crippen LogP contribution in [0, 0.1) is 0 Å². The molecule has 0 aliphatic carbocycles. The molecule has 0 unspecified atom stereocenters. The summed E-state index contributed by atoms with van der Waals surface area (Å²) in [4.78, 5) is 41.0. The number of carbonyl (C=O) groups excluding carboxylic acids is 3. The molecule has 7 nitrogen and oxygen atoms in total. The molecular weight excluding hydrogens is 382 g/mol. The minimum absolute atomic E-state index is 0.0974. The highest BCUT2D eigenvalue weighted by Gasteiger charge is 2.30. The third-order valence-electron chi connectivity index (χ3n) is 4.92. The number of benzene rings is 2. The second-order valence-corrected chi connectivity index (χ2v) is 7.42. The van der Waals surface area contributed by atoms with Gasteiger partial charge in [0.2, 0.25) is 11.8 Å². The van der Waals surface area contributed by atoms with E-state index in [2.05, 4.69) is 5.32 Å². The third kappa shape index (κ3) is 4.79. The van der Waals surface area contributed by atoms with Gasteiger partial charge in [-0.1, -0.05) is 19.1 Å². The first-order valence-electron chi connectivity index (χ1n) is 10.1. The standard InChI is InChI=1S/C23H27N3O4/c1-4-13-30-18-11-9-17(10-12-18)23(29)25(3)15-22(28)26-16(2)14-21(27)24-19-7-5-6-8-20(19)26/h5-12,16H,4,13-15H2,1-3H3,(H,24,27)/t16-/m0/s1. The molecule has 1 aliphatic heterocycles. The average Bonchev–Trinajstić information content (AvgIpc) is 2.86. The van der Waals surface area contributed by atoms with Crippen molar-refractivity contribution in [3.8, 4) is 5.75 Å². The smallest absolute Gasteiger partial charge is 0.254 e. The maximum absolute atomic E-state index is 13.1. The lowest BCUT2D eigenvalue weighted by Crippen LogP contribution is -2.45. The monoisotopic (exact) mass is 409 g/mol. The van der Waals surface area contributed by atoms with Crippen molar-refractivity contribution in [3.05, 3.63) is 54.1 Å². The number of hydrogen-bond acceptors (Lipinski definition) is 4. The fourth-order valence-electron chi connectivity index (χ4n) is 3.45. The van der Waals surface area contributed by atoms with Gasteiger partial charge < -0.3 is 19.9 Å². The van der Waals surface area contributed by atoms with Gasteiger partial charge in [0.25, 0.3) is 5.91 Å². The summed E-state index contributed by atoms with van der Waals surface area (Å²) in [5.41, 5.74) is 1.71. The van der Waals surface area contributed by atoms with Crippen LogP contribution in [0.2, 0.25) is 0 Å². The van der Waals surface area contributed by atoms with E-state index in [0.717, 1.165) is 6.42 Å². The van der Waals surface area contributed by atoms with Gasteiger partial charge in [0, 0.05) is 25.1 Å². The van der Waals surface area contributed by atoms with Gasteiger partial charge in [0.1, 0.15) is 12.3 Å². The van der Waals surface area contributed by atoms with Crippen molar-refractivity contribution in [2.75, 3.05) is 30.4 Å². The Balaban J connectivity index is 1.73. The van der Waals surface area contributed by atoms with Gasteiger partial charge in [-0.25, -0.2) is 0 Å². The highest BCUT2D eigenvalue weighted by Crippen LogP contribution is 2.31. The van der Waals surface area contributed by atoms with E-state index in [-0.39, 0.29) is 36.7 Å². The van der Waals surface area contributed by atoms with Crippen LogP contribution >= 0.6 is 0 Å². The summed E-state index contributed by atoms with van der Waals surface area (Å²) >= 11 is 0. The fraction of sp³-hybridized carbons (Fsp3) is 0.348. The molecule has 1 heterocycles. The number of amides is 3. The molecule has 3 rings (SSSR count). The minimum atomic E-state index is -0.320. The zero-order chi connectivity index (χ0) is 21.7. The SMILES string of the molecule is CCCOc1ccc(C(=O)N(C)CC(=O)N2c3ccccc3NC(=O)C[C@@H]2C)cc1. The Hall–Kier alpha value is -3.35. The molecule has 0 bridgehead atoms. The Morgan fingerprint density at radius 2 is 1.87 bits per heavy atom. The Morgan fingerprint density at radius 3 is 2.57 bits per heavy atom. The van der Waals surface area contributed by atoms with Crippen molar-refractivity contribution in [2.45, 2.75) is 32.7 Å². The molecule has 1 atom stereocenters. The molecule has 1 N–H and O–H groups in total. The normalized spacial score (nSPS) is 15.6. The molecular formula is C23H27N3O4. The van der Waals surface area contributed by atoms with Crippen LogP contribution in [0.1, 0.15) is 37.0 Å². The highest BCUT2D eigenvalue weighted by atomic mass is 16.5. The Labute approximate surface area is 176 Å². The topological polar surface area (TPSA) is 79.0 Å². The van der Waals surface area contributed by atoms with Gasteiger partial charge in [-0.2, -0.15) is 0 Å². The molecule has 0 fully saturated rings. The molecule has 0 spiro atoms. The van der Waals surface area contributed by atoms with Crippen molar-refractivity contribution >= 4 is 29.1 Å². The molecule has 0 aromatic heterocycles. The molecule has 30 heavy (non-hydrogen) atoms. The maximum atomic E-state index is 13.1. The van der Waals surface area contributed by atoms with Crippen molar-refractivity contribution < 1.29 is 19.1 Å². The quantitative estimate of drug-likeness (QED) is 0.794. The van der Waals surface area contributed by atoms with Gasteiger partial charge in [-0.05, 0) is 49.7 Å². The number of rotatable bonds is 6. The number of para-hydroxylation sites is 2. The van der Waals surface area contributed by atoms with E-state index in [1.165, 1.54) is 4.90 Å². The second kappa shape index (κ2) is 9.43. The van der Waals surface area contributed by atoms with Gasteiger partial charge in [-0.3, -0.25) is 14.4 Å². The molecule has 7 heteroatoms. The first-order chi connectivity index (χ1) is 14.4. The summed E-state index contributed by atoms with van der Waals surface area (Å²) in [6.07, 6.45) is 1.10. The van der Waals surface area contributed by atoms with Crippen LogP contribution in [0.4, 0.5) is 11.4 Å². The van der Waals surface area contributed by atoms with Gasteiger partial charge in [0.05, 0.1) is 18.0 Å². The van der Waals surface area contributed by atoms with E-state index in [1.54, 1.807) is 54.4 Å². The Bertz CT molecular complexity index is 926. The highest BCUT2D eigenvalue weighted by molar-refractivity contribution is 6.06. The van der Waals surface area contributed by atoms with Crippen molar-refractivity contribution in [1.29, 1.82) is 0 Å². The van der Waals surface area contributed by atoms with E-state index in [4.69, 9.17) is 4.74 Å². The molecule has 2 aromatic rings. The predicted octanol–water partition coefficient (Wildman–Crippen LogP) is 3.31. The van der Waals surface area contributed by atoms with E-state index in [9.17, 15) is 14.4 Å². The molecule has 0 saturated heterocycles. The second-order valence-electron chi connectivity index (χ2n) is 7.42. The molecule has 1 aliphatic rings. The zero-order valence-corrected chi connectivity index (χ0v) is 17.6. The maximum Gasteiger partial charge on any atom is 0.254 e. The molecule has 0 saturated carbocycles. The summed E-state index contributed by atoms with van der Waals surface area (Å²) in [5.74, 6) is 0.0694. The molecule has 2 aromatic carbocycles. The number of fused-ring (bicyclic) bond motifs is 1. The van der Waals surface area contributed by atoms with Gasteiger partial charge in [-0.15, -0.1) is 0 Å². The van der Waals surface area contributed by atoms with Crippen LogP contribution in [0.15, 0.2) is 48.5 Å². The number of hydrogen-bond donors (Lipinski definition) is 1. The molecule has 3 amide bonds. The predicted molar refractivity (Wildman–Crippen MR) is 116 cm³/mol. The third-order valence-corrected chi connectivity index (χ3v) is 4.92. The number of anilines is 2. The number of nitrogens with one attached hydrogen (secondary N) is 1. The molecule has 0 radical (unpaired) electrons. The van der Waals surface area contributed by atoms with E-state index in [1.807, 2.05) is 19.9 Å². The van der Waals surface area contributed by atoms with Crippen LogP contribution < -0.4 is 15.0 Å². The summed E-state index contributed by atoms with van der Waals surface area (Å²) in [5, 5.41) is 2.83. The van der Waals surface area contributed by atoms with Crippen molar-refractivity contribution in [2.24, 2.45) is 0 Å². The van der Waals surface area contributed by atoms with Crippen molar-refractivity contribution in [3.63, 3.8) is 0 Å². The van der Waals surface area contributed by atoms with Gasteiger partial charge >= 0.3 is 0 Å². The summed E-state index contributed by atoms with van der Waals surface area (Å²) < 4.78 is 5.54. The number of nitrogens with zero attached hydrogens (tertiary/aromatic N) is 2. The number of carbonyl (C=O) groups is 3. The first-order valence-corrected chi connectivity index (χ1v) is 10.1. The van der Waals surface area contributed by atoms with Gasteiger partial charge in [0.15, 0.2) is 0 Å². The zero-order valence-electron chi connectivity index (χ0n) is 17.6. The summed E-state index contributed by atoms with van der Waals surface area (Å²) in [6.45, 7) is 4.38. The Morgan fingerprint density at radius 1 is 1.17 bits per heavy atom. The Kier molecular flexibility index (Phi) is 6.72. The number of ether oxygens (including phenoxy) is 1. The minimum Gasteiger partial charge on any atom is -0.494 e. The lowest BCUT2D eigenvalue weighted by molar-refractivity contribution is -0.119. The van der Waals surface area contributed by atoms with E-state index >= 15 is 0 Å². The van der Waals surface area contributed by atoms with Crippen molar-refractivity contribution in [1.82, 2.24) is 4.90 Å². The summed E-state index contributed by atoms with van der Waals surface area (Å²) in [6, 6.07) is 13.8. The molecule has 158 valence electrons. The average molecular weight is 409 g/mol. The fourth-order valence-corrected chi connectivity index (χ4v) is 3.45. The summed E-state index contributed by atoms with van der Waals surface area (Å²) in [7, 11) is 1.60. The van der Waals surface area contributed by atoms with Crippen LogP contribution in [0.5, 0.6) is 5.75 Å². The van der Waals surface area contributed by atoms with E-state index in [0.29, 0.717) is 29.3 Å². The largest absolute Gasteiger partial charge is 0.494 e. The van der Waals surface area contributed by atoms with Crippen LogP contribution in [0.25, 0.3) is 0 Å². The lowest BCUT2D eigenvalue weighted by Gasteiger charge is -2.29. The first kappa shape index (κ1) is 21.4. The van der Waals surface area contributed by atoms with Crippen LogP contribution in [-0.2, 0) is 9.59 Å². The van der Waals surface area contributed by atoms with Crippen LogP contribution in [0.3, 0.4) is 0 Å².